The van der Waals surface area contributed by atoms with Crippen molar-refractivity contribution in [3.05, 3.63) is 42.7 Å². The number of ether oxygens (including phenoxy) is 2. The average Bonchev–Trinajstić information content (AvgIpc) is 2.71. The third-order valence-corrected chi connectivity index (χ3v) is 4.71. The fourth-order valence-corrected chi connectivity index (χ4v) is 3.33. The number of rotatable bonds is 7. The van der Waals surface area contributed by atoms with Gasteiger partial charge in [0.25, 0.3) is 0 Å². The van der Waals surface area contributed by atoms with Crippen molar-refractivity contribution in [2.45, 2.75) is 26.7 Å². The summed E-state index contributed by atoms with van der Waals surface area (Å²) < 4.78 is 11.2. The summed E-state index contributed by atoms with van der Waals surface area (Å²) in [5.41, 5.74) is 1.83. The molecular weight excluding hydrogens is 342 g/mol. The molecule has 0 bridgehead atoms. The second-order valence-electron chi connectivity index (χ2n) is 6.48. The van der Waals surface area contributed by atoms with Crippen molar-refractivity contribution in [2.24, 2.45) is 5.92 Å². The Bertz CT molecular complexity index is 744. The summed E-state index contributed by atoms with van der Waals surface area (Å²) in [6, 6.07) is 9.55. The molecule has 0 unspecified atom stereocenters. The Labute approximate surface area is 160 Å². The Morgan fingerprint density at radius 1 is 1.11 bits per heavy atom. The normalized spacial score (nSPS) is 14.7. The number of nitrogens with one attached hydrogen (secondary N) is 1. The van der Waals surface area contributed by atoms with Crippen molar-refractivity contribution in [1.29, 1.82) is 0 Å². The summed E-state index contributed by atoms with van der Waals surface area (Å²) in [5, 5.41) is 3.05. The Kier molecular flexibility index (Phi) is 6.52. The van der Waals surface area contributed by atoms with E-state index in [2.05, 4.69) is 15.2 Å². The van der Waals surface area contributed by atoms with Crippen LogP contribution >= 0.6 is 0 Å². The molecule has 1 aliphatic heterocycles. The molecule has 27 heavy (non-hydrogen) atoms. The first-order valence-electron chi connectivity index (χ1n) is 9.56. The van der Waals surface area contributed by atoms with Crippen LogP contribution in [0.4, 0.5) is 11.4 Å². The van der Waals surface area contributed by atoms with E-state index in [1.54, 1.807) is 12.4 Å². The highest BCUT2D eigenvalue weighted by Crippen LogP contribution is 2.31. The van der Waals surface area contributed by atoms with E-state index >= 15 is 0 Å². The Morgan fingerprint density at radius 2 is 1.81 bits per heavy atom. The van der Waals surface area contributed by atoms with Crippen LogP contribution in [0, 0.1) is 5.92 Å². The summed E-state index contributed by atoms with van der Waals surface area (Å²) in [6.07, 6.45) is 5.25. The second-order valence-corrected chi connectivity index (χ2v) is 6.48. The molecule has 1 aromatic heterocycles. The Hall–Kier alpha value is -2.76. The molecule has 6 nitrogen and oxygen atoms in total. The van der Waals surface area contributed by atoms with Gasteiger partial charge in [0, 0.05) is 43.2 Å². The molecule has 1 aliphatic rings. The molecule has 1 amide bonds. The van der Waals surface area contributed by atoms with E-state index in [-0.39, 0.29) is 11.8 Å². The average molecular weight is 369 g/mol. The topological polar surface area (TPSA) is 63.7 Å². The molecule has 1 saturated heterocycles. The number of nitrogens with zero attached hydrogens (tertiary/aromatic N) is 2. The smallest absolute Gasteiger partial charge is 0.227 e. The molecule has 3 rings (SSSR count). The summed E-state index contributed by atoms with van der Waals surface area (Å²) in [7, 11) is 0. The lowest BCUT2D eigenvalue weighted by atomic mass is 9.95. The predicted molar refractivity (Wildman–Crippen MR) is 107 cm³/mol. The van der Waals surface area contributed by atoms with E-state index in [1.807, 2.05) is 44.2 Å². The number of piperidine rings is 1. The highest BCUT2D eigenvalue weighted by molar-refractivity contribution is 5.94. The minimum atomic E-state index is -0.00619. The lowest BCUT2D eigenvalue weighted by Gasteiger charge is -2.33. The van der Waals surface area contributed by atoms with Gasteiger partial charge in [0.1, 0.15) is 11.5 Å². The molecule has 1 aromatic carbocycles. The maximum atomic E-state index is 12.8. The van der Waals surface area contributed by atoms with Gasteiger partial charge in [-0.15, -0.1) is 0 Å². The second kappa shape index (κ2) is 9.26. The van der Waals surface area contributed by atoms with Crippen molar-refractivity contribution in [3.8, 4) is 11.5 Å². The summed E-state index contributed by atoms with van der Waals surface area (Å²) in [4.78, 5) is 19.2. The molecule has 0 atom stereocenters. The van der Waals surface area contributed by atoms with Gasteiger partial charge in [-0.05, 0) is 51.0 Å². The number of anilines is 2. The van der Waals surface area contributed by atoms with Gasteiger partial charge in [-0.3, -0.25) is 9.78 Å². The molecular formula is C21H27N3O3. The standard InChI is InChI=1S/C21H27N3O3/c1-3-26-18-5-6-20(27-4-2)19(15-18)23-21(25)16-9-13-24(14-10-16)17-7-11-22-12-8-17/h5-8,11-12,15-16H,3-4,9-10,13-14H2,1-2H3,(H,23,25). The van der Waals surface area contributed by atoms with Crippen molar-refractivity contribution < 1.29 is 14.3 Å². The monoisotopic (exact) mass is 369 g/mol. The molecule has 0 radical (unpaired) electrons. The van der Waals surface area contributed by atoms with Crippen LogP contribution in [0.2, 0.25) is 0 Å². The van der Waals surface area contributed by atoms with E-state index in [0.29, 0.717) is 24.7 Å². The number of carbonyl (C=O) groups is 1. The van der Waals surface area contributed by atoms with E-state index in [9.17, 15) is 4.79 Å². The molecule has 2 heterocycles. The first kappa shape index (κ1) is 19.0. The lowest BCUT2D eigenvalue weighted by Crippen LogP contribution is -2.38. The number of benzene rings is 1. The van der Waals surface area contributed by atoms with Gasteiger partial charge < -0.3 is 19.7 Å². The lowest BCUT2D eigenvalue weighted by molar-refractivity contribution is -0.120. The first-order valence-corrected chi connectivity index (χ1v) is 9.56. The zero-order chi connectivity index (χ0) is 19.1. The Balaban J connectivity index is 1.63. The predicted octanol–water partition coefficient (Wildman–Crippen LogP) is 3.73. The summed E-state index contributed by atoms with van der Waals surface area (Å²) in [6.45, 7) is 6.71. The molecule has 0 saturated carbocycles. The number of hydrogen-bond acceptors (Lipinski definition) is 5. The maximum Gasteiger partial charge on any atom is 0.227 e. The fourth-order valence-electron chi connectivity index (χ4n) is 3.33. The molecule has 1 fully saturated rings. The number of amides is 1. The molecule has 1 N–H and O–H groups in total. The van der Waals surface area contributed by atoms with Gasteiger partial charge in [-0.25, -0.2) is 0 Å². The van der Waals surface area contributed by atoms with E-state index in [4.69, 9.17) is 9.47 Å². The zero-order valence-electron chi connectivity index (χ0n) is 16.0. The van der Waals surface area contributed by atoms with Gasteiger partial charge in [0.05, 0.1) is 18.9 Å². The maximum absolute atomic E-state index is 12.8. The van der Waals surface area contributed by atoms with E-state index in [0.717, 1.165) is 37.4 Å². The van der Waals surface area contributed by atoms with E-state index < -0.39 is 0 Å². The quantitative estimate of drug-likeness (QED) is 0.806. The molecule has 144 valence electrons. The van der Waals surface area contributed by atoms with Gasteiger partial charge >= 0.3 is 0 Å². The van der Waals surface area contributed by atoms with Gasteiger partial charge in [0.15, 0.2) is 0 Å². The number of aromatic nitrogens is 1. The Morgan fingerprint density at radius 3 is 2.48 bits per heavy atom. The number of hydrogen-bond donors (Lipinski definition) is 1. The van der Waals surface area contributed by atoms with Crippen molar-refractivity contribution in [2.75, 3.05) is 36.5 Å². The minimum Gasteiger partial charge on any atom is -0.494 e. The van der Waals surface area contributed by atoms with Crippen molar-refractivity contribution in [3.63, 3.8) is 0 Å². The van der Waals surface area contributed by atoms with Crippen LogP contribution in [0.15, 0.2) is 42.7 Å². The van der Waals surface area contributed by atoms with Crippen LogP contribution in [0.5, 0.6) is 11.5 Å². The minimum absolute atomic E-state index is 0.00619. The van der Waals surface area contributed by atoms with E-state index in [1.165, 1.54) is 0 Å². The third kappa shape index (κ3) is 4.90. The summed E-state index contributed by atoms with van der Waals surface area (Å²) >= 11 is 0. The van der Waals surface area contributed by atoms with Crippen LogP contribution in [-0.4, -0.2) is 37.2 Å². The largest absolute Gasteiger partial charge is 0.494 e. The molecule has 6 heteroatoms. The fraction of sp³-hybridized carbons (Fsp3) is 0.429. The van der Waals surface area contributed by atoms with Gasteiger partial charge in [-0.2, -0.15) is 0 Å². The van der Waals surface area contributed by atoms with Crippen LogP contribution < -0.4 is 19.7 Å². The third-order valence-electron chi connectivity index (χ3n) is 4.71. The van der Waals surface area contributed by atoms with Crippen molar-refractivity contribution in [1.82, 2.24) is 4.98 Å². The number of carbonyl (C=O) groups excluding carboxylic acids is 1. The van der Waals surface area contributed by atoms with Crippen LogP contribution in [0.3, 0.4) is 0 Å². The zero-order valence-corrected chi connectivity index (χ0v) is 16.0. The van der Waals surface area contributed by atoms with Crippen LogP contribution in [-0.2, 0) is 4.79 Å². The van der Waals surface area contributed by atoms with Gasteiger partial charge in [0.2, 0.25) is 5.91 Å². The molecule has 2 aromatic rings. The highest BCUT2D eigenvalue weighted by atomic mass is 16.5. The van der Waals surface area contributed by atoms with Gasteiger partial charge in [-0.1, -0.05) is 0 Å². The SMILES string of the molecule is CCOc1ccc(OCC)c(NC(=O)C2CCN(c3ccncc3)CC2)c1. The highest BCUT2D eigenvalue weighted by Gasteiger charge is 2.26. The van der Waals surface area contributed by atoms with Crippen LogP contribution in [0.25, 0.3) is 0 Å². The first-order chi connectivity index (χ1) is 13.2. The molecule has 0 aliphatic carbocycles. The summed E-state index contributed by atoms with van der Waals surface area (Å²) in [5.74, 6) is 1.43. The molecule has 0 spiro atoms. The van der Waals surface area contributed by atoms with Crippen molar-refractivity contribution >= 4 is 17.3 Å². The van der Waals surface area contributed by atoms with Crippen LogP contribution in [0.1, 0.15) is 26.7 Å². The number of pyridine rings is 1.